The van der Waals surface area contributed by atoms with Gasteiger partial charge in [-0.25, -0.2) is 9.37 Å². The number of carbonyl (C=O) groups excluding carboxylic acids is 1. The maximum atomic E-state index is 12.9. The van der Waals surface area contributed by atoms with Crippen LogP contribution in [0.5, 0.6) is 0 Å². The fourth-order valence-corrected chi connectivity index (χ4v) is 2.63. The fourth-order valence-electron chi connectivity index (χ4n) is 2.40. The summed E-state index contributed by atoms with van der Waals surface area (Å²) in [4.78, 5) is 16.4. The second-order valence-electron chi connectivity index (χ2n) is 5.67. The van der Waals surface area contributed by atoms with Crippen LogP contribution in [0.4, 0.5) is 15.9 Å². The van der Waals surface area contributed by atoms with Gasteiger partial charge in [0.05, 0.1) is 22.5 Å². The summed E-state index contributed by atoms with van der Waals surface area (Å²) < 4.78 is 12.9. The lowest BCUT2D eigenvalue weighted by molar-refractivity contribution is 0.102. The minimum absolute atomic E-state index is 0.236. The maximum absolute atomic E-state index is 12.9. The molecule has 0 spiro atoms. The third-order valence-electron chi connectivity index (χ3n) is 3.78. The number of nitrogens with one attached hydrogen (secondary N) is 2. The molecule has 0 aliphatic heterocycles. The highest BCUT2D eigenvalue weighted by Crippen LogP contribution is 2.17. The van der Waals surface area contributed by atoms with Crippen molar-refractivity contribution in [2.45, 2.75) is 6.42 Å². The molecule has 6 heteroatoms. The van der Waals surface area contributed by atoms with Crippen molar-refractivity contribution in [1.29, 1.82) is 0 Å². The van der Waals surface area contributed by atoms with Crippen molar-refractivity contribution in [2.75, 3.05) is 17.2 Å². The number of halogens is 2. The van der Waals surface area contributed by atoms with Crippen molar-refractivity contribution in [1.82, 2.24) is 4.98 Å². The zero-order chi connectivity index (χ0) is 18.4. The molecule has 0 aliphatic rings. The van der Waals surface area contributed by atoms with Gasteiger partial charge in [-0.15, -0.1) is 0 Å². The number of carbonyl (C=O) groups is 1. The van der Waals surface area contributed by atoms with Gasteiger partial charge in [0.1, 0.15) is 11.6 Å². The van der Waals surface area contributed by atoms with Gasteiger partial charge in [0.25, 0.3) is 5.91 Å². The van der Waals surface area contributed by atoms with Crippen LogP contribution >= 0.6 is 11.6 Å². The van der Waals surface area contributed by atoms with Crippen molar-refractivity contribution >= 4 is 29.0 Å². The van der Waals surface area contributed by atoms with Gasteiger partial charge in [-0.2, -0.15) is 0 Å². The first-order chi connectivity index (χ1) is 12.6. The fraction of sp³-hybridized carbons (Fsp3) is 0.100. The molecule has 0 fully saturated rings. The van der Waals surface area contributed by atoms with Gasteiger partial charge < -0.3 is 10.6 Å². The summed E-state index contributed by atoms with van der Waals surface area (Å²) in [6.45, 7) is 0.693. The Hall–Kier alpha value is -2.92. The molecule has 0 radical (unpaired) electrons. The highest BCUT2D eigenvalue weighted by Gasteiger charge is 2.10. The Morgan fingerprint density at radius 1 is 1.04 bits per heavy atom. The van der Waals surface area contributed by atoms with Crippen LogP contribution in [-0.2, 0) is 6.42 Å². The van der Waals surface area contributed by atoms with Crippen LogP contribution in [0.15, 0.2) is 66.9 Å². The lowest BCUT2D eigenvalue weighted by Gasteiger charge is -2.09. The van der Waals surface area contributed by atoms with E-state index in [9.17, 15) is 9.18 Å². The maximum Gasteiger partial charge on any atom is 0.258 e. The number of amides is 1. The van der Waals surface area contributed by atoms with Crippen LogP contribution in [-0.4, -0.2) is 17.4 Å². The number of nitrogens with zero attached hydrogens (tertiary/aromatic N) is 1. The average molecular weight is 370 g/mol. The van der Waals surface area contributed by atoms with E-state index in [-0.39, 0.29) is 11.7 Å². The predicted octanol–water partition coefficient (Wildman–Crippen LogP) is 4.78. The minimum atomic E-state index is -0.305. The van der Waals surface area contributed by atoms with E-state index in [1.165, 1.54) is 12.1 Å². The molecule has 1 heterocycles. The molecule has 1 amide bonds. The second kappa shape index (κ2) is 8.45. The number of benzene rings is 2. The smallest absolute Gasteiger partial charge is 0.258 e. The van der Waals surface area contributed by atoms with Crippen LogP contribution in [0, 0.1) is 5.82 Å². The highest BCUT2D eigenvalue weighted by molar-refractivity contribution is 6.34. The molecule has 2 aromatic carbocycles. The van der Waals surface area contributed by atoms with Crippen LogP contribution < -0.4 is 10.6 Å². The summed E-state index contributed by atoms with van der Waals surface area (Å²) in [5.41, 5.74) is 2.29. The lowest BCUT2D eigenvalue weighted by atomic mass is 10.1. The number of pyridine rings is 1. The number of aromatic nitrogens is 1. The van der Waals surface area contributed by atoms with Gasteiger partial charge in [-0.05, 0) is 48.4 Å². The molecule has 0 bridgehead atoms. The van der Waals surface area contributed by atoms with E-state index >= 15 is 0 Å². The zero-order valence-electron chi connectivity index (χ0n) is 13.9. The SMILES string of the molecule is O=C(Nc1ccc(NCCc2ccc(F)cc2)cn1)c1ccccc1Cl. The first-order valence-corrected chi connectivity index (χ1v) is 8.50. The Morgan fingerprint density at radius 2 is 1.81 bits per heavy atom. The molecule has 0 atom stereocenters. The van der Waals surface area contributed by atoms with Crippen molar-refractivity contribution in [3.63, 3.8) is 0 Å². The molecule has 0 unspecified atom stereocenters. The molecular weight excluding hydrogens is 353 g/mol. The standard InChI is InChI=1S/C20H17ClFN3O/c21-18-4-2-1-3-17(18)20(26)25-19-10-9-16(13-24-19)23-12-11-14-5-7-15(22)8-6-14/h1-10,13,23H,11-12H2,(H,24,25,26). The number of rotatable bonds is 6. The lowest BCUT2D eigenvalue weighted by Crippen LogP contribution is -2.13. The van der Waals surface area contributed by atoms with Gasteiger partial charge in [0.2, 0.25) is 0 Å². The summed E-state index contributed by atoms with van der Waals surface area (Å²) in [5.74, 6) is -0.0977. The summed E-state index contributed by atoms with van der Waals surface area (Å²) in [5, 5.41) is 6.35. The summed E-state index contributed by atoms with van der Waals surface area (Å²) >= 11 is 6.01. The highest BCUT2D eigenvalue weighted by atomic mass is 35.5. The molecule has 3 rings (SSSR count). The predicted molar refractivity (Wildman–Crippen MR) is 102 cm³/mol. The molecule has 4 nitrogen and oxygen atoms in total. The Labute approximate surface area is 156 Å². The molecule has 26 heavy (non-hydrogen) atoms. The van der Waals surface area contributed by atoms with E-state index in [4.69, 9.17) is 11.6 Å². The van der Waals surface area contributed by atoms with Crippen molar-refractivity contribution in [2.24, 2.45) is 0 Å². The summed E-state index contributed by atoms with van der Waals surface area (Å²) in [6, 6.07) is 16.8. The summed E-state index contributed by atoms with van der Waals surface area (Å²) in [6.07, 6.45) is 2.41. The number of hydrogen-bond acceptors (Lipinski definition) is 3. The topological polar surface area (TPSA) is 54.0 Å². The van der Waals surface area contributed by atoms with Gasteiger partial charge in [0, 0.05) is 6.54 Å². The van der Waals surface area contributed by atoms with Gasteiger partial charge in [-0.1, -0.05) is 35.9 Å². The monoisotopic (exact) mass is 369 g/mol. The molecule has 0 saturated carbocycles. The third kappa shape index (κ3) is 4.80. The largest absolute Gasteiger partial charge is 0.383 e. The molecule has 0 aliphatic carbocycles. The van der Waals surface area contributed by atoms with Crippen LogP contribution in [0.2, 0.25) is 5.02 Å². The van der Waals surface area contributed by atoms with E-state index in [0.29, 0.717) is 22.9 Å². The van der Waals surface area contributed by atoms with Crippen LogP contribution in [0.3, 0.4) is 0 Å². The normalized spacial score (nSPS) is 10.4. The first-order valence-electron chi connectivity index (χ1n) is 8.12. The van der Waals surface area contributed by atoms with Crippen molar-refractivity contribution in [3.8, 4) is 0 Å². The van der Waals surface area contributed by atoms with E-state index < -0.39 is 0 Å². The second-order valence-corrected chi connectivity index (χ2v) is 6.08. The van der Waals surface area contributed by atoms with Gasteiger partial charge in [-0.3, -0.25) is 4.79 Å². The van der Waals surface area contributed by atoms with Crippen LogP contribution in [0.1, 0.15) is 15.9 Å². The molecule has 0 saturated heterocycles. The number of hydrogen-bond donors (Lipinski definition) is 2. The van der Waals surface area contributed by atoms with Gasteiger partial charge in [0.15, 0.2) is 0 Å². The van der Waals surface area contributed by atoms with Crippen LogP contribution in [0.25, 0.3) is 0 Å². The molecule has 2 N–H and O–H groups in total. The van der Waals surface area contributed by atoms with E-state index in [2.05, 4.69) is 15.6 Å². The van der Waals surface area contributed by atoms with Crippen molar-refractivity contribution < 1.29 is 9.18 Å². The Bertz CT molecular complexity index is 882. The third-order valence-corrected chi connectivity index (χ3v) is 4.11. The molecule has 132 valence electrons. The minimum Gasteiger partial charge on any atom is -0.383 e. The number of anilines is 2. The molecule has 3 aromatic rings. The van der Waals surface area contributed by atoms with E-state index in [1.807, 2.05) is 6.07 Å². The molecular formula is C20H17ClFN3O. The zero-order valence-corrected chi connectivity index (χ0v) is 14.6. The first kappa shape index (κ1) is 17.9. The van der Waals surface area contributed by atoms with E-state index in [1.54, 1.807) is 48.7 Å². The Balaban J connectivity index is 1.52. The van der Waals surface area contributed by atoms with Crippen molar-refractivity contribution in [3.05, 3.63) is 88.8 Å². The summed E-state index contributed by atoms with van der Waals surface area (Å²) in [7, 11) is 0. The Kier molecular flexibility index (Phi) is 5.81. The molecule has 1 aromatic heterocycles. The van der Waals surface area contributed by atoms with Gasteiger partial charge >= 0.3 is 0 Å². The quantitative estimate of drug-likeness (QED) is 0.657. The Morgan fingerprint density at radius 3 is 2.50 bits per heavy atom. The van der Waals surface area contributed by atoms with E-state index in [0.717, 1.165) is 17.7 Å². The average Bonchev–Trinajstić information content (AvgIpc) is 2.65.